The number of carboxylic acid groups (broad SMARTS) is 2. The van der Waals surface area contributed by atoms with Crippen LogP contribution in [0.4, 0.5) is 0 Å². The minimum Gasteiger partial charge on any atom is -0.544 e. The maximum atomic E-state index is 13.1. The Morgan fingerprint density at radius 1 is 0.695 bits per heavy atom. The second-order valence-corrected chi connectivity index (χ2v) is 16.3. The van der Waals surface area contributed by atoms with E-state index in [1.165, 1.54) is 0 Å². The highest BCUT2D eigenvalue weighted by Gasteiger charge is 2.49. The molecule has 6 atom stereocenters. The number of nitrogens with zero attached hydrogens (tertiary/aromatic N) is 2. The monoisotopic (exact) mass is 808 g/mol. The Hall–Kier alpha value is -5.46. The number of hydrogen-bond acceptors (Lipinski definition) is 10. The first-order valence-electron chi connectivity index (χ1n) is 20.6. The molecule has 4 aliphatic rings. The summed E-state index contributed by atoms with van der Waals surface area (Å²) >= 11 is 0. The van der Waals surface area contributed by atoms with Crippen LogP contribution in [0.1, 0.15) is 79.1 Å². The second-order valence-electron chi connectivity index (χ2n) is 16.3. The molecule has 4 aliphatic heterocycles. The van der Waals surface area contributed by atoms with Crippen LogP contribution < -0.4 is 38.6 Å². The average molecular weight is 809 g/mol. The minimum absolute atomic E-state index is 0.143. The number of rotatable bonds is 11. The van der Waals surface area contributed by atoms with Gasteiger partial charge in [-0.2, -0.15) is 0 Å². The lowest BCUT2D eigenvalue weighted by Gasteiger charge is -2.51. The largest absolute Gasteiger partial charge is 0.544 e. The molecule has 12 nitrogen and oxygen atoms in total. The molecule has 0 amide bonds. The molecule has 0 saturated heterocycles. The lowest BCUT2D eigenvalue weighted by molar-refractivity contribution is -0.958. The summed E-state index contributed by atoms with van der Waals surface area (Å²) < 4.78 is 38.4. The molecule has 0 aliphatic carbocycles. The van der Waals surface area contributed by atoms with E-state index < -0.39 is 30.1 Å². The van der Waals surface area contributed by atoms with E-state index in [-0.39, 0.29) is 15.0 Å². The van der Waals surface area contributed by atoms with Gasteiger partial charge in [0, 0.05) is 44.1 Å². The van der Waals surface area contributed by atoms with Gasteiger partial charge in [0.2, 0.25) is 5.75 Å². The predicted molar refractivity (Wildman–Crippen MR) is 217 cm³/mol. The predicted octanol–water partition coefficient (Wildman–Crippen LogP) is 5.64. The summed E-state index contributed by atoms with van der Waals surface area (Å²) in [4.78, 5) is 25.9. The Kier molecular flexibility index (Phi) is 11.8. The van der Waals surface area contributed by atoms with Crippen molar-refractivity contribution in [1.29, 1.82) is 0 Å². The van der Waals surface area contributed by atoms with Gasteiger partial charge in [0.15, 0.2) is 34.5 Å². The maximum Gasteiger partial charge on any atom is 0.204 e. The lowest BCUT2D eigenvalue weighted by atomic mass is 9.83. The van der Waals surface area contributed by atoms with Crippen molar-refractivity contribution in [3.05, 3.63) is 94.0 Å². The third-order valence-electron chi connectivity index (χ3n) is 13.3. The molecule has 314 valence electrons. The van der Waals surface area contributed by atoms with Gasteiger partial charge in [0.25, 0.3) is 0 Å². The number of quaternary nitrogens is 2. The summed E-state index contributed by atoms with van der Waals surface area (Å²) in [5, 5.41) is 25.9. The fourth-order valence-electron chi connectivity index (χ4n) is 10.1. The molecule has 6 unspecified atom stereocenters. The van der Waals surface area contributed by atoms with Gasteiger partial charge in [-0.1, -0.05) is 32.0 Å². The number of carbonyl (C=O) groups excluding carboxylic acids is 2. The number of methoxy groups -OCH3 is 3. The van der Waals surface area contributed by atoms with Crippen LogP contribution in [0.5, 0.6) is 46.0 Å². The topological polar surface area (TPSA) is 136 Å². The number of fused-ring (bicyclic) bond motifs is 2. The van der Waals surface area contributed by atoms with E-state index in [0.29, 0.717) is 104 Å². The number of benzene rings is 4. The third kappa shape index (κ3) is 7.41. The summed E-state index contributed by atoms with van der Waals surface area (Å²) in [5.74, 6) is 1.68. The van der Waals surface area contributed by atoms with Crippen LogP contribution in [0.25, 0.3) is 0 Å². The zero-order valence-electron chi connectivity index (χ0n) is 35.4. The summed E-state index contributed by atoms with van der Waals surface area (Å²) in [6, 6.07) is 17.3. The van der Waals surface area contributed by atoms with Crippen LogP contribution in [0.3, 0.4) is 0 Å². The van der Waals surface area contributed by atoms with Crippen molar-refractivity contribution in [2.24, 2.45) is 0 Å². The quantitative estimate of drug-likeness (QED) is 0.175. The first-order valence-corrected chi connectivity index (χ1v) is 20.6. The Balaban J connectivity index is 1.56. The van der Waals surface area contributed by atoms with Crippen LogP contribution >= 0.6 is 0 Å². The Bertz CT molecular complexity index is 2220. The summed E-state index contributed by atoms with van der Waals surface area (Å²) in [5.41, 5.74) is 5.65. The molecule has 4 aromatic rings. The molecular formula is C47H56N2O10. The minimum atomic E-state index is -1.12. The number of aliphatic carboxylic acids is 2. The normalized spacial score (nSPS) is 22.9. The van der Waals surface area contributed by atoms with E-state index in [4.69, 9.17) is 28.4 Å². The summed E-state index contributed by atoms with van der Waals surface area (Å²) in [7, 11) is 8.80. The molecule has 0 aromatic heterocycles. The van der Waals surface area contributed by atoms with E-state index in [1.807, 2.05) is 95.5 Å². The summed E-state index contributed by atoms with van der Waals surface area (Å²) in [6.45, 7) is 7.07. The molecule has 59 heavy (non-hydrogen) atoms. The molecule has 4 aromatic carbocycles. The van der Waals surface area contributed by atoms with Gasteiger partial charge < -0.3 is 57.2 Å². The fraction of sp³-hybridized carbons (Fsp3) is 0.447. The number of hydrogen-bond donors (Lipinski definition) is 0. The van der Waals surface area contributed by atoms with Gasteiger partial charge in [-0.3, -0.25) is 0 Å². The summed E-state index contributed by atoms with van der Waals surface area (Å²) in [6.07, 6.45) is 2.84. The molecule has 0 radical (unpaired) electrons. The Morgan fingerprint density at radius 3 is 1.85 bits per heavy atom. The van der Waals surface area contributed by atoms with Gasteiger partial charge in [-0.25, -0.2) is 0 Å². The first-order chi connectivity index (χ1) is 28.3. The molecule has 0 N–H and O–H groups in total. The third-order valence-corrected chi connectivity index (χ3v) is 13.3. The van der Waals surface area contributed by atoms with Gasteiger partial charge >= 0.3 is 0 Å². The van der Waals surface area contributed by atoms with Crippen LogP contribution in [-0.2, 0) is 35.3 Å². The Labute approximate surface area is 347 Å². The fourth-order valence-corrected chi connectivity index (χ4v) is 10.1. The van der Waals surface area contributed by atoms with Gasteiger partial charge in [0.05, 0.1) is 72.6 Å². The number of carboxylic acids is 2. The van der Waals surface area contributed by atoms with Crippen molar-refractivity contribution in [3.63, 3.8) is 0 Å². The van der Waals surface area contributed by atoms with Gasteiger partial charge in [-0.05, 0) is 71.6 Å². The van der Waals surface area contributed by atoms with E-state index in [2.05, 4.69) is 0 Å². The average Bonchev–Trinajstić information content (AvgIpc) is 3.21. The maximum absolute atomic E-state index is 13.1. The van der Waals surface area contributed by atoms with E-state index in [0.717, 1.165) is 33.4 Å². The van der Waals surface area contributed by atoms with Crippen molar-refractivity contribution in [1.82, 2.24) is 0 Å². The number of carbonyl (C=O) groups is 2. The molecule has 12 heteroatoms. The zero-order valence-corrected chi connectivity index (χ0v) is 35.4. The molecular weight excluding hydrogens is 753 g/mol. The highest BCUT2D eigenvalue weighted by atomic mass is 16.6. The second kappa shape index (κ2) is 16.7. The van der Waals surface area contributed by atoms with Crippen LogP contribution in [-0.4, -0.2) is 88.1 Å². The van der Waals surface area contributed by atoms with Crippen molar-refractivity contribution in [2.75, 3.05) is 55.1 Å². The molecule has 6 bridgehead atoms. The SMILES string of the molecule is CCOc1c(OC)cc2c3c1Oc1cc4c(cc1OC)CC[N+](C)(C(CC)C(=O)[O-])C4Cc1ccc(cc1)Oc1cc(ccc1OC)CC3[N+](C)(C(CC)C(=O)[O-])CC2. The molecule has 0 saturated carbocycles. The van der Waals surface area contributed by atoms with Gasteiger partial charge in [-0.15, -0.1) is 0 Å². The van der Waals surface area contributed by atoms with Crippen LogP contribution in [0, 0.1) is 0 Å². The van der Waals surface area contributed by atoms with E-state index in [9.17, 15) is 19.8 Å². The van der Waals surface area contributed by atoms with Crippen molar-refractivity contribution < 1.29 is 57.2 Å². The molecule has 0 fully saturated rings. The van der Waals surface area contributed by atoms with Crippen molar-refractivity contribution in [2.45, 2.75) is 83.5 Å². The smallest absolute Gasteiger partial charge is 0.204 e. The highest BCUT2D eigenvalue weighted by Crippen LogP contribution is 2.54. The molecule has 0 spiro atoms. The van der Waals surface area contributed by atoms with E-state index >= 15 is 0 Å². The first kappa shape index (κ1) is 41.7. The Morgan fingerprint density at radius 2 is 1.25 bits per heavy atom. The molecule has 4 heterocycles. The van der Waals surface area contributed by atoms with Crippen LogP contribution in [0.2, 0.25) is 0 Å². The standard InChI is InChI=1S/C47H56N2O10/c1-9-34(46(50)51)48(4)20-18-30-25-39(55-7)41-27-33(30)36(48)22-28-12-15-32(16-13-28)58-40-24-29(14-17-38(40)54-6)23-37-43-31(19-21-49(37,5)35(10-2)47(52)53)26-42(56-8)44(57-11-3)45(43)59-41/h12-17,24-27,34-37H,9-11,18-23H2,1-8H3. The highest BCUT2D eigenvalue weighted by molar-refractivity contribution is 5.71. The van der Waals surface area contributed by atoms with Crippen LogP contribution in [0.15, 0.2) is 60.7 Å². The van der Waals surface area contributed by atoms with E-state index in [1.54, 1.807) is 21.3 Å². The van der Waals surface area contributed by atoms with Crippen molar-refractivity contribution >= 4 is 11.9 Å². The van der Waals surface area contributed by atoms with Gasteiger partial charge in [0.1, 0.15) is 29.9 Å². The molecule has 8 rings (SSSR count). The number of likely N-dealkylation sites (N-methyl/N-ethyl adjacent to an activating group) is 2. The lowest BCUT2D eigenvalue weighted by Crippen LogP contribution is -2.63. The number of ether oxygens (including phenoxy) is 6. The zero-order chi connectivity index (χ0) is 42.2. The van der Waals surface area contributed by atoms with Crippen molar-refractivity contribution in [3.8, 4) is 46.0 Å².